The number of anilines is 1. The van der Waals surface area contributed by atoms with Gasteiger partial charge in [0.1, 0.15) is 6.54 Å². The highest BCUT2D eigenvalue weighted by atomic mass is 16.2. The minimum Gasteiger partial charge on any atom is -0.350 e. The highest BCUT2D eigenvalue weighted by molar-refractivity contribution is 5.93. The van der Waals surface area contributed by atoms with Gasteiger partial charge in [0.15, 0.2) is 0 Å². The Labute approximate surface area is 139 Å². The number of hydrogen-bond donors (Lipinski definition) is 2. The number of carbonyl (C=O) groups excluding carboxylic acids is 2. The van der Waals surface area contributed by atoms with E-state index in [2.05, 4.69) is 31.4 Å². The molecule has 5 nitrogen and oxygen atoms in total. The van der Waals surface area contributed by atoms with Crippen molar-refractivity contribution in [3.63, 3.8) is 0 Å². The molecule has 5 heteroatoms. The van der Waals surface area contributed by atoms with Crippen LogP contribution in [0.25, 0.3) is 0 Å². The van der Waals surface area contributed by atoms with Crippen molar-refractivity contribution in [3.05, 3.63) is 29.8 Å². The molecule has 0 aliphatic rings. The molecule has 0 atom stereocenters. The third kappa shape index (κ3) is 6.30. The van der Waals surface area contributed by atoms with Crippen LogP contribution in [0.2, 0.25) is 0 Å². The molecular weight excluding hydrogens is 290 g/mol. The van der Waals surface area contributed by atoms with Crippen molar-refractivity contribution in [2.45, 2.75) is 52.5 Å². The topological polar surface area (TPSA) is 61.4 Å². The van der Waals surface area contributed by atoms with Gasteiger partial charge in [-0.05, 0) is 37.8 Å². The fourth-order valence-corrected chi connectivity index (χ4v) is 2.20. The van der Waals surface area contributed by atoms with Gasteiger partial charge >= 0.3 is 6.03 Å². The van der Waals surface area contributed by atoms with Crippen LogP contribution in [0.15, 0.2) is 24.3 Å². The zero-order valence-electron chi connectivity index (χ0n) is 15.3. The third-order valence-corrected chi connectivity index (χ3v) is 3.22. The molecule has 1 aromatic carbocycles. The monoisotopic (exact) mass is 319 g/mol. The second-order valence-electron chi connectivity index (χ2n) is 7.88. The maximum Gasteiger partial charge on any atom is 0.322 e. The second kappa shape index (κ2) is 7.02. The maximum absolute atomic E-state index is 12.3. The van der Waals surface area contributed by atoms with Crippen LogP contribution in [0.4, 0.5) is 10.5 Å². The first kappa shape index (κ1) is 19.0. The number of nitrogens with one attached hydrogen (secondary N) is 2. The molecule has 3 amide bonds. The van der Waals surface area contributed by atoms with E-state index in [1.165, 1.54) is 4.90 Å². The SMILES string of the molecule is CN(CC(=O)NC(C)(C)C)C(=O)Nc1ccccc1C(C)(C)C. The lowest BCUT2D eigenvalue weighted by molar-refractivity contribution is -0.122. The van der Waals surface area contributed by atoms with E-state index in [4.69, 9.17) is 0 Å². The van der Waals surface area contributed by atoms with Gasteiger partial charge in [-0.3, -0.25) is 4.79 Å². The molecule has 128 valence electrons. The van der Waals surface area contributed by atoms with E-state index in [0.717, 1.165) is 11.3 Å². The fourth-order valence-electron chi connectivity index (χ4n) is 2.20. The number of urea groups is 1. The van der Waals surface area contributed by atoms with Crippen molar-refractivity contribution >= 4 is 17.6 Å². The van der Waals surface area contributed by atoms with Gasteiger partial charge in [-0.25, -0.2) is 4.79 Å². The van der Waals surface area contributed by atoms with E-state index in [0.29, 0.717) is 0 Å². The normalized spacial score (nSPS) is 11.8. The largest absolute Gasteiger partial charge is 0.350 e. The molecule has 1 rings (SSSR count). The summed E-state index contributed by atoms with van der Waals surface area (Å²) in [5, 5.41) is 5.74. The molecule has 0 heterocycles. The number of carbonyl (C=O) groups is 2. The lowest BCUT2D eigenvalue weighted by atomic mass is 9.86. The Hall–Kier alpha value is -2.04. The van der Waals surface area contributed by atoms with Crippen molar-refractivity contribution in [1.29, 1.82) is 0 Å². The number of rotatable bonds is 3. The first-order valence-electron chi connectivity index (χ1n) is 7.83. The van der Waals surface area contributed by atoms with Crippen molar-refractivity contribution in [2.24, 2.45) is 0 Å². The molecule has 0 aliphatic carbocycles. The first-order valence-corrected chi connectivity index (χ1v) is 7.83. The van der Waals surface area contributed by atoms with Crippen LogP contribution < -0.4 is 10.6 Å². The smallest absolute Gasteiger partial charge is 0.322 e. The van der Waals surface area contributed by atoms with E-state index in [-0.39, 0.29) is 29.4 Å². The van der Waals surface area contributed by atoms with Gasteiger partial charge in [-0.15, -0.1) is 0 Å². The minimum absolute atomic E-state index is 0.0147. The highest BCUT2D eigenvalue weighted by Gasteiger charge is 2.21. The van der Waals surface area contributed by atoms with Crippen molar-refractivity contribution in [2.75, 3.05) is 18.9 Å². The first-order chi connectivity index (χ1) is 10.4. The lowest BCUT2D eigenvalue weighted by Gasteiger charge is -2.26. The Balaban J connectivity index is 2.75. The minimum atomic E-state index is -0.312. The number of nitrogens with zero attached hydrogens (tertiary/aromatic N) is 1. The third-order valence-electron chi connectivity index (χ3n) is 3.22. The lowest BCUT2D eigenvalue weighted by Crippen LogP contribution is -2.47. The Bertz CT molecular complexity index is 568. The molecule has 0 aliphatic heterocycles. The summed E-state index contributed by atoms with van der Waals surface area (Å²) in [5.74, 6) is -0.181. The van der Waals surface area contributed by atoms with Gasteiger partial charge < -0.3 is 15.5 Å². The molecule has 0 spiro atoms. The number of para-hydroxylation sites is 1. The zero-order chi connectivity index (χ0) is 17.8. The van der Waals surface area contributed by atoms with Crippen LogP contribution in [0.5, 0.6) is 0 Å². The highest BCUT2D eigenvalue weighted by Crippen LogP contribution is 2.29. The van der Waals surface area contributed by atoms with E-state index in [1.807, 2.05) is 45.0 Å². The standard InChI is InChI=1S/C18H29N3O2/c1-17(2,3)13-10-8-9-11-14(13)19-16(23)21(7)12-15(22)20-18(4,5)6/h8-11H,12H2,1-7H3,(H,19,23)(H,20,22). The maximum atomic E-state index is 12.3. The average molecular weight is 319 g/mol. The van der Waals surface area contributed by atoms with E-state index >= 15 is 0 Å². The Morgan fingerprint density at radius 1 is 1.04 bits per heavy atom. The fraction of sp³-hybridized carbons (Fsp3) is 0.556. The van der Waals surface area contributed by atoms with Crippen LogP contribution >= 0.6 is 0 Å². The van der Waals surface area contributed by atoms with Gasteiger partial charge in [0.05, 0.1) is 0 Å². The summed E-state index contributed by atoms with van der Waals surface area (Å²) in [6.07, 6.45) is 0. The molecule has 0 radical (unpaired) electrons. The summed E-state index contributed by atoms with van der Waals surface area (Å²) in [7, 11) is 1.61. The molecule has 0 saturated carbocycles. The summed E-state index contributed by atoms with van der Waals surface area (Å²) in [6, 6.07) is 7.42. The van der Waals surface area contributed by atoms with Crippen LogP contribution in [-0.2, 0) is 10.2 Å². The molecule has 1 aromatic rings. The van der Waals surface area contributed by atoms with Crippen molar-refractivity contribution < 1.29 is 9.59 Å². The molecule has 0 fully saturated rings. The number of amides is 3. The van der Waals surface area contributed by atoms with Gasteiger partial charge in [-0.2, -0.15) is 0 Å². The molecule has 23 heavy (non-hydrogen) atoms. The summed E-state index contributed by atoms with van der Waals surface area (Å²) in [4.78, 5) is 25.6. The van der Waals surface area contributed by atoms with Crippen LogP contribution in [0.3, 0.4) is 0 Å². The van der Waals surface area contributed by atoms with Gasteiger partial charge in [-0.1, -0.05) is 39.0 Å². The van der Waals surface area contributed by atoms with Crippen LogP contribution in [-0.4, -0.2) is 36.0 Å². The molecule has 0 bridgehead atoms. The van der Waals surface area contributed by atoms with E-state index in [1.54, 1.807) is 7.05 Å². The summed E-state index contributed by atoms with van der Waals surface area (Å²) < 4.78 is 0. The summed E-state index contributed by atoms with van der Waals surface area (Å²) in [5.41, 5.74) is 1.44. The Morgan fingerprint density at radius 2 is 1.61 bits per heavy atom. The van der Waals surface area contributed by atoms with Gasteiger partial charge in [0.2, 0.25) is 5.91 Å². The predicted octanol–water partition coefficient (Wildman–Crippen LogP) is 3.36. The van der Waals surface area contributed by atoms with E-state index in [9.17, 15) is 9.59 Å². The van der Waals surface area contributed by atoms with Crippen LogP contribution in [0, 0.1) is 0 Å². The predicted molar refractivity (Wildman–Crippen MR) is 94.7 cm³/mol. The number of hydrogen-bond acceptors (Lipinski definition) is 2. The summed E-state index contributed by atoms with van der Waals surface area (Å²) in [6.45, 7) is 12.0. The van der Waals surface area contributed by atoms with Crippen molar-refractivity contribution in [1.82, 2.24) is 10.2 Å². The molecule has 0 unspecified atom stereocenters. The number of benzene rings is 1. The molecule has 0 saturated heterocycles. The molecule has 2 N–H and O–H groups in total. The summed E-state index contributed by atoms with van der Waals surface area (Å²) >= 11 is 0. The van der Waals surface area contributed by atoms with Crippen LogP contribution in [0.1, 0.15) is 47.1 Å². The Morgan fingerprint density at radius 3 is 2.13 bits per heavy atom. The van der Waals surface area contributed by atoms with Gasteiger partial charge in [0, 0.05) is 18.3 Å². The average Bonchev–Trinajstić information content (AvgIpc) is 2.35. The zero-order valence-corrected chi connectivity index (χ0v) is 15.3. The molecular formula is C18H29N3O2. The Kier molecular flexibility index (Phi) is 5.81. The van der Waals surface area contributed by atoms with E-state index < -0.39 is 0 Å². The number of likely N-dealkylation sites (N-methyl/N-ethyl adjacent to an activating group) is 1. The van der Waals surface area contributed by atoms with Gasteiger partial charge in [0.25, 0.3) is 0 Å². The molecule has 0 aromatic heterocycles. The van der Waals surface area contributed by atoms with Crippen molar-refractivity contribution in [3.8, 4) is 0 Å². The quantitative estimate of drug-likeness (QED) is 0.897. The second-order valence-corrected chi connectivity index (χ2v) is 7.88.